The van der Waals surface area contributed by atoms with Crippen molar-refractivity contribution >= 4 is 17.3 Å². The first kappa shape index (κ1) is 11.7. The molecule has 1 aromatic rings. The first-order valence-electron chi connectivity index (χ1n) is 5.82. The molecule has 1 aromatic carbocycles. The van der Waals surface area contributed by atoms with Gasteiger partial charge in [0.15, 0.2) is 0 Å². The molecule has 2 rings (SSSR count). The zero-order valence-electron chi connectivity index (χ0n) is 10.4. The average Bonchev–Trinajstić information content (AvgIpc) is 2.71. The van der Waals surface area contributed by atoms with Crippen LogP contribution in [0.1, 0.15) is 6.42 Å². The predicted molar refractivity (Wildman–Crippen MR) is 71.4 cm³/mol. The normalized spacial score (nSPS) is 19.5. The van der Waals surface area contributed by atoms with Crippen LogP contribution in [0, 0.1) is 5.92 Å². The molecule has 0 bridgehead atoms. The third kappa shape index (κ3) is 2.33. The number of rotatable bonds is 3. The van der Waals surface area contributed by atoms with Gasteiger partial charge in [-0.25, -0.2) is 0 Å². The maximum Gasteiger partial charge on any atom is 0.227 e. The molecule has 1 unspecified atom stereocenters. The molecule has 1 atom stereocenters. The van der Waals surface area contributed by atoms with Gasteiger partial charge in [-0.15, -0.1) is 6.58 Å². The van der Waals surface area contributed by atoms with Gasteiger partial charge in [0, 0.05) is 44.4 Å². The van der Waals surface area contributed by atoms with Crippen LogP contribution in [-0.4, -0.2) is 26.5 Å². The topological polar surface area (TPSA) is 23.6 Å². The Morgan fingerprint density at radius 3 is 2.82 bits per heavy atom. The Morgan fingerprint density at radius 1 is 1.47 bits per heavy atom. The summed E-state index contributed by atoms with van der Waals surface area (Å²) in [7, 11) is 3.99. The van der Waals surface area contributed by atoms with E-state index in [2.05, 4.69) is 6.58 Å². The number of carbonyl (C=O) groups excluding carboxylic acids is 1. The molecule has 17 heavy (non-hydrogen) atoms. The molecule has 0 aliphatic carbocycles. The summed E-state index contributed by atoms with van der Waals surface area (Å²) in [5, 5.41) is 0. The van der Waals surface area contributed by atoms with E-state index in [1.54, 1.807) is 0 Å². The third-order valence-corrected chi connectivity index (χ3v) is 3.15. The van der Waals surface area contributed by atoms with Crippen molar-refractivity contribution in [2.45, 2.75) is 6.42 Å². The van der Waals surface area contributed by atoms with E-state index in [-0.39, 0.29) is 11.8 Å². The van der Waals surface area contributed by atoms with Crippen molar-refractivity contribution in [1.82, 2.24) is 0 Å². The van der Waals surface area contributed by atoms with Crippen molar-refractivity contribution in [1.29, 1.82) is 0 Å². The molecule has 1 fully saturated rings. The lowest BCUT2D eigenvalue weighted by Gasteiger charge is -2.19. The van der Waals surface area contributed by atoms with Crippen LogP contribution in [0.4, 0.5) is 11.4 Å². The monoisotopic (exact) mass is 230 g/mol. The molecule has 1 saturated heterocycles. The van der Waals surface area contributed by atoms with Crippen LogP contribution in [0.2, 0.25) is 0 Å². The summed E-state index contributed by atoms with van der Waals surface area (Å²) in [6.45, 7) is 4.51. The quantitative estimate of drug-likeness (QED) is 0.744. The van der Waals surface area contributed by atoms with Crippen molar-refractivity contribution in [2.75, 3.05) is 30.4 Å². The van der Waals surface area contributed by atoms with Gasteiger partial charge in [-0.3, -0.25) is 4.79 Å². The van der Waals surface area contributed by atoms with Gasteiger partial charge in [0.25, 0.3) is 0 Å². The molecule has 90 valence electrons. The number of hydrogen-bond donors (Lipinski definition) is 0. The standard InChI is InChI=1S/C14H18N2O/c1-4-11-8-14(17)16(10-11)13-7-5-6-12(9-13)15(2)3/h4-7,9,11H,1,8,10H2,2-3H3. The summed E-state index contributed by atoms with van der Waals surface area (Å²) < 4.78 is 0. The van der Waals surface area contributed by atoms with Gasteiger partial charge >= 0.3 is 0 Å². The van der Waals surface area contributed by atoms with Crippen molar-refractivity contribution in [3.05, 3.63) is 36.9 Å². The Hall–Kier alpha value is -1.77. The highest BCUT2D eigenvalue weighted by Crippen LogP contribution is 2.28. The molecule has 0 spiro atoms. The van der Waals surface area contributed by atoms with Crippen LogP contribution in [0.25, 0.3) is 0 Å². The highest BCUT2D eigenvalue weighted by atomic mass is 16.2. The summed E-state index contributed by atoms with van der Waals surface area (Å²) in [4.78, 5) is 15.8. The summed E-state index contributed by atoms with van der Waals surface area (Å²) in [5.74, 6) is 0.469. The first-order chi connectivity index (χ1) is 8.11. The molecular weight excluding hydrogens is 212 g/mol. The smallest absolute Gasteiger partial charge is 0.227 e. The molecular formula is C14H18N2O. The van der Waals surface area contributed by atoms with Gasteiger partial charge in [-0.1, -0.05) is 12.1 Å². The Kier molecular flexibility index (Phi) is 3.18. The fraction of sp³-hybridized carbons (Fsp3) is 0.357. The van der Waals surface area contributed by atoms with E-state index < -0.39 is 0 Å². The molecule has 1 heterocycles. The van der Waals surface area contributed by atoms with Crippen LogP contribution >= 0.6 is 0 Å². The maximum atomic E-state index is 11.9. The second kappa shape index (κ2) is 4.62. The van der Waals surface area contributed by atoms with Crippen molar-refractivity contribution in [2.24, 2.45) is 5.92 Å². The van der Waals surface area contributed by atoms with E-state index >= 15 is 0 Å². The third-order valence-electron chi connectivity index (χ3n) is 3.15. The Labute approximate surface area is 102 Å². The Bertz CT molecular complexity index is 440. The number of nitrogens with zero attached hydrogens (tertiary/aromatic N) is 2. The average molecular weight is 230 g/mol. The minimum atomic E-state index is 0.186. The van der Waals surface area contributed by atoms with E-state index in [0.717, 1.165) is 17.9 Å². The molecule has 0 N–H and O–H groups in total. The van der Waals surface area contributed by atoms with Gasteiger partial charge in [0.05, 0.1) is 0 Å². The van der Waals surface area contributed by atoms with Gasteiger partial charge in [0.2, 0.25) is 5.91 Å². The molecule has 1 aliphatic heterocycles. The van der Waals surface area contributed by atoms with Gasteiger partial charge < -0.3 is 9.80 Å². The summed E-state index contributed by atoms with van der Waals surface area (Å²) in [6.07, 6.45) is 2.45. The number of amides is 1. The highest BCUT2D eigenvalue weighted by Gasteiger charge is 2.28. The summed E-state index contributed by atoms with van der Waals surface area (Å²) in [6, 6.07) is 8.05. The predicted octanol–water partition coefficient (Wildman–Crippen LogP) is 2.29. The van der Waals surface area contributed by atoms with E-state index in [1.807, 2.05) is 54.2 Å². The second-order valence-electron chi connectivity index (χ2n) is 4.62. The van der Waals surface area contributed by atoms with E-state index in [9.17, 15) is 4.79 Å². The van der Waals surface area contributed by atoms with Crippen molar-refractivity contribution < 1.29 is 4.79 Å². The minimum absolute atomic E-state index is 0.186. The van der Waals surface area contributed by atoms with Gasteiger partial charge in [-0.2, -0.15) is 0 Å². The highest BCUT2D eigenvalue weighted by molar-refractivity contribution is 5.96. The molecule has 1 aliphatic rings. The van der Waals surface area contributed by atoms with Gasteiger partial charge in [-0.05, 0) is 18.2 Å². The molecule has 3 heteroatoms. The molecule has 1 amide bonds. The molecule has 3 nitrogen and oxygen atoms in total. The van der Waals surface area contributed by atoms with E-state index in [1.165, 1.54) is 0 Å². The minimum Gasteiger partial charge on any atom is -0.378 e. The van der Waals surface area contributed by atoms with Crippen LogP contribution in [0.3, 0.4) is 0 Å². The molecule has 0 saturated carbocycles. The van der Waals surface area contributed by atoms with Crippen molar-refractivity contribution in [3.63, 3.8) is 0 Å². The summed E-state index contributed by atoms with van der Waals surface area (Å²) in [5.41, 5.74) is 2.09. The summed E-state index contributed by atoms with van der Waals surface area (Å²) >= 11 is 0. The largest absolute Gasteiger partial charge is 0.378 e. The Morgan fingerprint density at radius 2 is 2.24 bits per heavy atom. The first-order valence-corrected chi connectivity index (χ1v) is 5.82. The lowest BCUT2D eigenvalue weighted by molar-refractivity contribution is -0.117. The van der Waals surface area contributed by atoms with Gasteiger partial charge in [0.1, 0.15) is 0 Å². The molecule has 0 aromatic heterocycles. The fourth-order valence-electron chi connectivity index (χ4n) is 2.08. The lowest BCUT2D eigenvalue weighted by Crippen LogP contribution is -2.24. The van der Waals surface area contributed by atoms with Crippen LogP contribution in [0.5, 0.6) is 0 Å². The fourth-order valence-corrected chi connectivity index (χ4v) is 2.08. The van der Waals surface area contributed by atoms with Crippen LogP contribution < -0.4 is 9.80 Å². The lowest BCUT2D eigenvalue weighted by atomic mass is 10.1. The zero-order chi connectivity index (χ0) is 12.4. The van der Waals surface area contributed by atoms with Crippen molar-refractivity contribution in [3.8, 4) is 0 Å². The SMILES string of the molecule is C=CC1CC(=O)N(c2cccc(N(C)C)c2)C1. The number of carbonyl (C=O) groups is 1. The number of benzene rings is 1. The number of anilines is 2. The van der Waals surface area contributed by atoms with E-state index in [0.29, 0.717) is 6.42 Å². The zero-order valence-corrected chi connectivity index (χ0v) is 10.4. The maximum absolute atomic E-state index is 11.9. The Balaban J connectivity index is 2.25. The van der Waals surface area contributed by atoms with E-state index in [4.69, 9.17) is 0 Å². The van der Waals surface area contributed by atoms with Crippen LogP contribution in [-0.2, 0) is 4.79 Å². The molecule has 0 radical (unpaired) electrons. The second-order valence-corrected chi connectivity index (χ2v) is 4.62. The number of hydrogen-bond acceptors (Lipinski definition) is 2. The van der Waals surface area contributed by atoms with Crippen LogP contribution in [0.15, 0.2) is 36.9 Å².